The molecule has 1 aliphatic rings. The number of fused-ring (bicyclic) bond motifs is 1. The van der Waals surface area contributed by atoms with Crippen LogP contribution in [-0.2, 0) is 9.59 Å². The Morgan fingerprint density at radius 1 is 1.00 bits per heavy atom. The van der Waals surface area contributed by atoms with Crippen LogP contribution in [0.5, 0.6) is 0 Å². The number of anilines is 1. The summed E-state index contributed by atoms with van der Waals surface area (Å²) >= 11 is 6.31. The second-order valence-corrected chi connectivity index (χ2v) is 9.10. The normalized spacial score (nSPS) is 14.4. The van der Waals surface area contributed by atoms with Crippen LogP contribution in [0.2, 0.25) is 5.02 Å². The highest BCUT2D eigenvalue weighted by molar-refractivity contribution is 6.30. The Hall–Kier alpha value is -2.62. The average Bonchev–Trinajstić information content (AvgIpc) is 2.93. The zero-order valence-corrected chi connectivity index (χ0v) is 19.9. The predicted molar refractivity (Wildman–Crippen MR) is 125 cm³/mol. The average molecular weight is 440 g/mol. The van der Waals surface area contributed by atoms with Gasteiger partial charge in [0.2, 0.25) is 0 Å². The van der Waals surface area contributed by atoms with Crippen molar-refractivity contribution in [3.8, 4) is 5.69 Å². The lowest BCUT2D eigenvalue weighted by atomic mass is 9.98. The molecule has 164 valence electrons. The third-order valence-corrected chi connectivity index (χ3v) is 6.59. The summed E-state index contributed by atoms with van der Waals surface area (Å²) in [6.45, 7) is 15.4. The Kier molecular flexibility index (Phi) is 6.88. The number of hydrogen-bond donors (Lipinski definition) is 0. The minimum absolute atomic E-state index is 0.250. The van der Waals surface area contributed by atoms with Crippen molar-refractivity contribution in [2.75, 3.05) is 18.0 Å². The molecule has 4 rings (SSSR count). The first kappa shape index (κ1) is 23.1. The van der Waals surface area contributed by atoms with Crippen molar-refractivity contribution in [2.24, 2.45) is 5.92 Å². The Morgan fingerprint density at radius 2 is 1.55 bits per heavy atom. The topological polar surface area (TPSA) is 55.2 Å². The van der Waals surface area contributed by atoms with E-state index in [9.17, 15) is 0 Å². The number of rotatable bonds is 2. The lowest BCUT2D eigenvalue weighted by Gasteiger charge is -2.33. The van der Waals surface area contributed by atoms with E-state index in [1.165, 1.54) is 52.0 Å². The van der Waals surface area contributed by atoms with Crippen LogP contribution in [0, 0.1) is 40.5 Å². The van der Waals surface area contributed by atoms with E-state index in [4.69, 9.17) is 26.2 Å². The van der Waals surface area contributed by atoms with Gasteiger partial charge in [-0.3, -0.25) is 4.57 Å². The molecule has 2 aromatic heterocycles. The van der Waals surface area contributed by atoms with Crippen LogP contribution in [0.4, 0.5) is 5.69 Å². The molecule has 0 spiro atoms. The third kappa shape index (κ3) is 4.39. The molecule has 0 atom stereocenters. The molecule has 0 unspecified atom stereocenters. The zero-order chi connectivity index (χ0) is 22.9. The Morgan fingerprint density at radius 3 is 2.10 bits per heavy atom. The van der Waals surface area contributed by atoms with E-state index >= 15 is 0 Å². The summed E-state index contributed by atoms with van der Waals surface area (Å²) < 4.78 is 2.34. The van der Waals surface area contributed by atoms with Crippen molar-refractivity contribution >= 4 is 34.5 Å². The highest BCUT2D eigenvalue weighted by Gasteiger charge is 2.24. The summed E-state index contributed by atoms with van der Waals surface area (Å²) in [5.74, 6) is 0.821. The van der Waals surface area contributed by atoms with Gasteiger partial charge in [-0.25, -0.2) is 4.98 Å². The van der Waals surface area contributed by atoms with E-state index in [2.05, 4.69) is 57.1 Å². The molecule has 31 heavy (non-hydrogen) atoms. The molecular formula is C25H30ClN3O2. The Balaban J connectivity index is 0.000000858. The summed E-state index contributed by atoms with van der Waals surface area (Å²) in [6, 6.07) is 6.37. The maximum Gasteiger partial charge on any atom is 0.373 e. The highest BCUT2D eigenvalue weighted by Crippen LogP contribution is 2.38. The Bertz CT molecular complexity index is 1130. The van der Waals surface area contributed by atoms with Crippen molar-refractivity contribution in [1.29, 1.82) is 0 Å². The van der Waals surface area contributed by atoms with E-state index in [1.54, 1.807) is 0 Å². The van der Waals surface area contributed by atoms with Gasteiger partial charge >= 0.3 is 6.15 Å². The summed E-state index contributed by atoms with van der Waals surface area (Å²) in [6.07, 6.45) is 2.77. The van der Waals surface area contributed by atoms with Gasteiger partial charge in [0.1, 0.15) is 5.65 Å². The van der Waals surface area contributed by atoms with Gasteiger partial charge in [0.15, 0.2) is 0 Å². The number of aryl methyl sites for hydroxylation is 4. The van der Waals surface area contributed by atoms with Gasteiger partial charge in [-0.1, -0.05) is 18.5 Å². The number of piperidine rings is 1. The van der Waals surface area contributed by atoms with Crippen molar-refractivity contribution in [3.63, 3.8) is 0 Å². The molecular weight excluding hydrogens is 410 g/mol. The maximum absolute atomic E-state index is 8.12. The molecule has 6 heteroatoms. The van der Waals surface area contributed by atoms with Gasteiger partial charge in [-0.05, 0) is 88.3 Å². The van der Waals surface area contributed by atoms with E-state index in [0.717, 1.165) is 35.4 Å². The molecule has 1 fully saturated rings. The van der Waals surface area contributed by atoms with Crippen LogP contribution in [0.3, 0.4) is 0 Å². The van der Waals surface area contributed by atoms with E-state index in [-0.39, 0.29) is 6.15 Å². The van der Waals surface area contributed by atoms with Crippen molar-refractivity contribution < 1.29 is 9.59 Å². The van der Waals surface area contributed by atoms with Crippen LogP contribution < -0.4 is 4.90 Å². The maximum atomic E-state index is 8.12. The number of benzene rings is 1. The first-order chi connectivity index (χ1) is 14.7. The molecule has 1 aromatic carbocycles. The van der Waals surface area contributed by atoms with Gasteiger partial charge in [0.05, 0.1) is 5.69 Å². The lowest BCUT2D eigenvalue weighted by molar-refractivity contribution is -0.191. The molecule has 0 radical (unpaired) electrons. The fourth-order valence-electron chi connectivity index (χ4n) is 4.70. The largest absolute Gasteiger partial charge is 0.373 e. The van der Waals surface area contributed by atoms with Crippen LogP contribution >= 0.6 is 11.6 Å². The summed E-state index contributed by atoms with van der Waals surface area (Å²) in [7, 11) is 0. The smallest absolute Gasteiger partial charge is 0.371 e. The number of nitrogens with zero attached hydrogens (tertiary/aromatic N) is 3. The van der Waals surface area contributed by atoms with Crippen LogP contribution in [0.25, 0.3) is 16.7 Å². The van der Waals surface area contributed by atoms with E-state index in [1.807, 2.05) is 12.1 Å². The zero-order valence-electron chi connectivity index (χ0n) is 19.2. The van der Waals surface area contributed by atoms with Gasteiger partial charge < -0.3 is 4.90 Å². The predicted octanol–water partition coefficient (Wildman–Crippen LogP) is 5.87. The lowest BCUT2D eigenvalue weighted by Crippen LogP contribution is -2.33. The van der Waals surface area contributed by atoms with Crippen molar-refractivity contribution in [2.45, 2.75) is 54.4 Å². The molecule has 0 amide bonds. The minimum Gasteiger partial charge on any atom is -0.371 e. The first-order valence-electron chi connectivity index (χ1n) is 10.7. The number of halogens is 1. The molecule has 0 saturated carbocycles. The first-order valence-corrected chi connectivity index (χ1v) is 11.1. The monoisotopic (exact) mass is 439 g/mol. The quantitative estimate of drug-likeness (QED) is 0.500. The summed E-state index contributed by atoms with van der Waals surface area (Å²) in [5, 5.41) is 2.09. The van der Waals surface area contributed by atoms with Crippen LogP contribution in [-0.4, -0.2) is 28.8 Å². The number of aromatic nitrogens is 2. The van der Waals surface area contributed by atoms with Gasteiger partial charge in [0.25, 0.3) is 0 Å². The molecule has 0 bridgehead atoms. The summed E-state index contributed by atoms with van der Waals surface area (Å²) in [5.41, 5.74) is 9.64. The number of hydrogen-bond acceptors (Lipinski definition) is 4. The van der Waals surface area contributed by atoms with Crippen molar-refractivity contribution in [3.05, 3.63) is 51.3 Å². The van der Waals surface area contributed by atoms with E-state index < -0.39 is 0 Å². The molecule has 0 aliphatic carbocycles. The van der Waals surface area contributed by atoms with Gasteiger partial charge in [-0.15, -0.1) is 0 Å². The standard InChI is InChI=1S/C24H30ClN3.CO2/c1-14-7-9-27(10-8-14)21-13-17(4)26-24-22(21)18(5)19(6)28(24)23-15(2)11-20(25)12-16(23)3;2-1-3/h11-14H,7-10H2,1-6H3;. The van der Waals surface area contributed by atoms with Gasteiger partial charge in [0, 0.05) is 40.6 Å². The van der Waals surface area contributed by atoms with Crippen LogP contribution in [0.1, 0.15) is 47.8 Å². The molecule has 1 aliphatic heterocycles. The van der Waals surface area contributed by atoms with Gasteiger partial charge in [-0.2, -0.15) is 9.59 Å². The SMILES string of the molecule is Cc1cc(N2CCC(C)CC2)c2c(C)c(C)n(-c3c(C)cc(Cl)cc3C)c2n1.O=C=O. The number of pyridine rings is 1. The molecule has 3 heterocycles. The third-order valence-electron chi connectivity index (χ3n) is 6.38. The van der Waals surface area contributed by atoms with E-state index in [0.29, 0.717) is 0 Å². The van der Waals surface area contributed by atoms with Crippen molar-refractivity contribution in [1.82, 2.24) is 9.55 Å². The fraction of sp³-hybridized carbons (Fsp3) is 0.440. The second kappa shape index (κ2) is 9.25. The summed E-state index contributed by atoms with van der Waals surface area (Å²) in [4.78, 5) is 23.8. The van der Waals surface area contributed by atoms with Crippen LogP contribution in [0.15, 0.2) is 18.2 Å². The fourth-order valence-corrected chi connectivity index (χ4v) is 5.02. The second-order valence-electron chi connectivity index (χ2n) is 8.67. The molecule has 5 nitrogen and oxygen atoms in total. The highest BCUT2D eigenvalue weighted by atomic mass is 35.5. The molecule has 0 N–H and O–H groups in total. The molecule has 3 aromatic rings. The Labute approximate surface area is 189 Å². The number of carbonyl (C=O) groups excluding carboxylic acids is 2. The molecule has 1 saturated heterocycles. The minimum atomic E-state index is 0.250.